The Kier molecular flexibility index (Phi) is 6.54. The first-order chi connectivity index (χ1) is 15.1. The standard InChI is InChI=1S/C28H22.CH5BP/c1-19-15-25(21-9-5-3-6-10-21)23-13-14-24-26(22-11-7-4-8-12-22)16-20(2)18-28(24)27(23)17-19;1-2-3/h3-18H,1-2H3;3H2,1H3. The predicted molar refractivity (Wildman–Crippen MR) is 143 cm³/mol. The lowest BCUT2D eigenvalue weighted by atomic mass is 9.89. The number of fused-ring (bicyclic) bond motifs is 3. The van der Waals surface area contributed by atoms with Crippen LogP contribution in [0.1, 0.15) is 11.1 Å². The lowest BCUT2D eigenvalue weighted by molar-refractivity contribution is 1.49. The van der Waals surface area contributed by atoms with Crippen LogP contribution in [-0.2, 0) is 0 Å². The minimum absolute atomic E-state index is 1.27. The van der Waals surface area contributed by atoms with E-state index in [1.54, 1.807) is 0 Å². The quantitative estimate of drug-likeness (QED) is 0.154. The third kappa shape index (κ3) is 4.43. The van der Waals surface area contributed by atoms with Gasteiger partial charge in [-0.2, -0.15) is 9.12 Å². The molecule has 0 amide bonds. The summed E-state index contributed by atoms with van der Waals surface area (Å²) in [5.74, 6) is 0. The maximum absolute atomic E-state index is 2.45. The second-order valence-electron chi connectivity index (χ2n) is 7.95. The third-order valence-corrected chi connectivity index (χ3v) is 5.53. The van der Waals surface area contributed by atoms with Gasteiger partial charge in [-0.05, 0) is 68.8 Å². The van der Waals surface area contributed by atoms with E-state index < -0.39 is 0 Å². The summed E-state index contributed by atoms with van der Waals surface area (Å²) >= 11 is 0. The van der Waals surface area contributed by atoms with Crippen LogP contribution in [0.4, 0.5) is 0 Å². The summed E-state index contributed by atoms with van der Waals surface area (Å²) in [7, 11) is 2.45. The lowest BCUT2D eigenvalue weighted by Gasteiger charge is -2.15. The van der Waals surface area contributed by atoms with E-state index in [1.165, 1.54) is 54.9 Å². The van der Waals surface area contributed by atoms with Gasteiger partial charge in [0, 0.05) is 0 Å². The number of aryl methyl sites for hydroxylation is 2. The molecule has 1 unspecified atom stereocenters. The third-order valence-electron chi connectivity index (χ3n) is 5.53. The van der Waals surface area contributed by atoms with E-state index in [0.29, 0.717) is 0 Å². The number of hydrogen-bond donors (Lipinski definition) is 0. The maximum Gasteiger partial charge on any atom is 0.134 e. The molecule has 0 nitrogen and oxygen atoms in total. The van der Waals surface area contributed by atoms with Crippen LogP contribution in [0.3, 0.4) is 0 Å². The van der Waals surface area contributed by atoms with Gasteiger partial charge in [0.15, 0.2) is 0 Å². The molecule has 5 aromatic carbocycles. The summed E-state index contributed by atoms with van der Waals surface area (Å²) in [5, 5.41) is 5.29. The van der Waals surface area contributed by atoms with Crippen LogP contribution < -0.4 is 0 Å². The minimum atomic E-state index is 1.27. The van der Waals surface area contributed by atoms with Crippen molar-refractivity contribution in [1.82, 2.24) is 0 Å². The predicted octanol–water partition coefficient (Wildman–Crippen LogP) is 8.47. The van der Waals surface area contributed by atoms with Crippen LogP contribution in [-0.4, -0.2) is 7.00 Å². The van der Waals surface area contributed by atoms with E-state index in [2.05, 4.69) is 120 Å². The van der Waals surface area contributed by atoms with E-state index in [9.17, 15) is 0 Å². The van der Waals surface area contributed by atoms with Crippen molar-refractivity contribution in [3.8, 4) is 22.3 Å². The van der Waals surface area contributed by atoms with Crippen LogP contribution >= 0.6 is 9.12 Å². The smallest absolute Gasteiger partial charge is 0.134 e. The molecule has 1 atom stereocenters. The topological polar surface area (TPSA) is 0 Å². The Bertz CT molecular complexity index is 1220. The molecular formula is C29H27BP. The summed E-state index contributed by atoms with van der Waals surface area (Å²) < 4.78 is 0. The van der Waals surface area contributed by atoms with Gasteiger partial charge in [-0.3, -0.25) is 0 Å². The summed E-state index contributed by atoms with van der Waals surface area (Å²) in [4.78, 5) is 0. The second-order valence-corrected chi connectivity index (χ2v) is 8.61. The highest BCUT2D eigenvalue weighted by atomic mass is 31.0. The Morgan fingerprint density at radius 3 is 1.23 bits per heavy atom. The Hall–Kier alpha value is -2.89. The highest BCUT2D eigenvalue weighted by molar-refractivity contribution is 7.55. The van der Waals surface area contributed by atoms with Crippen molar-refractivity contribution in [2.45, 2.75) is 20.7 Å². The highest BCUT2D eigenvalue weighted by Crippen LogP contribution is 2.38. The molecule has 0 fully saturated rings. The first-order valence-electron chi connectivity index (χ1n) is 10.7. The van der Waals surface area contributed by atoms with Crippen LogP contribution in [0.2, 0.25) is 6.82 Å². The number of benzene rings is 5. The summed E-state index contributed by atoms with van der Waals surface area (Å²) in [6.45, 7) is 8.27. The van der Waals surface area contributed by atoms with Gasteiger partial charge in [0.25, 0.3) is 0 Å². The average molecular weight is 417 g/mol. The van der Waals surface area contributed by atoms with Gasteiger partial charge in [0.1, 0.15) is 7.00 Å². The first kappa shape index (κ1) is 21.4. The fourth-order valence-corrected chi connectivity index (χ4v) is 4.28. The molecule has 1 radical (unpaired) electrons. The highest BCUT2D eigenvalue weighted by Gasteiger charge is 2.11. The van der Waals surface area contributed by atoms with E-state index in [-0.39, 0.29) is 0 Å². The molecule has 5 rings (SSSR count). The van der Waals surface area contributed by atoms with E-state index in [1.807, 2.05) is 13.8 Å². The number of rotatable bonds is 2. The number of hydrogen-bond acceptors (Lipinski definition) is 0. The zero-order chi connectivity index (χ0) is 21.8. The van der Waals surface area contributed by atoms with Gasteiger partial charge >= 0.3 is 0 Å². The van der Waals surface area contributed by atoms with Gasteiger partial charge in [-0.25, -0.2) is 0 Å². The SMILES string of the molecule is C[B]P.Cc1cc(-c2ccccc2)c2ccc3c(-c4ccccc4)cc(C)cc3c2c1. The van der Waals surface area contributed by atoms with E-state index >= 15 is 0 Å². The fourth-order valence-electron chi connectivity index (χ4n) is 4.28. The second kappa shape index (κ2) is 9.50. The molecule has 0 saturated carbocycles. The zero-order valence-electron chi connectivity index (χ0n) is 18.4. The molecular weight excluding hydrogens is 390 g/mol. The van der Waals surface area contributed by atoms with Crippen molar-refractivity contribution in [3.05, 3.63) is 108 Å². The molecule has 0 heterocycles. The van der Waals surface area contributed by atoms with E-state index in [0.717, 1.165) is 0 Å². The van der Waals surface area contributed by atoms with Gasteiger partial charge in [0.05, 0.1) is 0 Å². The Labute approximate surface area is 188 Å². The Morgan fingerprint density at radius 1 is 0.516 bits per heavy atom. The molecule has 0 N–H and O–H groups in total. The normalized spacial score (nSPS) is 10.6. The molecule has 0 spiro atoms. The minimum Gasteiger partial charge on any atom is -0.178 e. The summed E-state index contributed by atoms with van der Waals surface area (Å²) in [6, 6.07) is 35.3. The molecule has 0 aliphatic heterocycles. The molecule has 31 heavy (non-hydrogen) atoms. The Morgan fingerprint density at radius 2 is 0.871 bits per heavy atom. The van der Waals surface area contributed by atoms with Crippen molar-refractivity contribution in [2.24, 2.45) is 0 Å². The monoisotopic (exact) mass is 417 g/mol. The van der Waals surface area contributed by atoms with Gasteiger partial charge in [-0.1, -0.05) is 104 Å². The molecule has 2 heteroatoms. The van der Waals surface area contributed by atoms with Crippen molar-refractivity contribution in [1.29, 1.82) is 0 Å². The molecule has 0 aromatic heterocycles. The van der Waals surface area contributed by atoms with Gasteiger partial charge in [0.2, 0.25) is 0 Å². The van der Waals surface area contributed by atoms with Crippen LogP contribution in [0, 0.1) is 13.8 Å². The zero-order valence-corrected chi connectivity index (χ0v) is 19.5. The summed E-state index contributed by atoms with van der Waals surface area (Å²) in [5.41, 5.74) is 7.74. The largest absolute Gasteiger partial charge is 0.178 e. The fraction of sp³-hybridized carbons (Fsp3) is 0.103. The Balaban J connectivity index is 0.000000730. The molecule has 0 saturated heterocycles. The van der Waals surface area contributed by atoms with Gasteiger partial charge < -0.3 is 0 Å². The molecule has 0 aliphatic rings. The van der Waals surface area contributed by atoms with Crippen LogP contribution in [0.5, 0.6) is 0 Å². The molecule has 151 valence electrons. The van der Waals surface area contributed by atoms with Crippen molar-refractivity contribution >= 4 is 37.7 Å². The molecule has 0 bridgehead atoms. The van der Waals surface area contributed by atoms with Gasteiger partial charge in [-0.15, -0.1) is 0 Å². The van der Waals surface area contributed by atoms with Crippen molar-refractivity contribution in [3.63, 3.8) is 0 Å². The first-order valence-corrected chi connectivity index (χ1v) is 11.4. The molecule has 5 aromatic rings. The van der Waals surface area contributed by atoms with Crippen LogP contribution in [0.25, 0.3) is 43.8 Å². The maximum atomic E-state index is 2.45. The van der Waals surface area contributed by atoms with E-state index in [4.69, 9.17) is 0 Å². The molecule has 0 aliphatic carbocycles. The average Bonchev–Trinajstić information content (AvgIpc) is 2.80. The van der Waals surface area contributed by atoms with Crippen molar-refractivity contribution < 1.29 is 0 Å². The lowest BCUT2D eigenvalue weighted by Crippen LogP contribution is -1.89. The van der Waals surface area contributed by atoms with Crippen molar-refractivity contribution in [2.75, 3.05) is 0 Å². The summed E-state index contributed by atoms with van der Waals surface area (Å²) in [6.07, 6.45) is 0. The van der Waals surface area contributed by atoms with Crippen LogP contribution in [0.15, 0.2) is 97.1 Å².